The molecule has 1 saturated heterocycles. The molecule has 0 unspecified atom stereocenters. The summed E-state index contributed by atoms with van der Waals surface area (Å²) >= 11 is 6.33. The summed E-state index contributed by atoms with van der Waals surface area (Å²) in [4.78, 5) is 27.8. The Morgan fingerprint density at radius 1 is 1.20 bits per heavy atom. The Hall–Kier alpha value is -2.84. The molecule has 30 heavy (non-hydrogen) atoms. The molecule has 1 fully saturated rings. The predicted octanol–water partition coefficient (Wildman–Crippen LogP) is 3.80. The summed E-state index contributed by atoms with van der Waals surface area (Å²) in [5.74, 6) is 0.141. The number of hydrogen-bond acceptors (Lipinski definition) is 6. The fourth-order valence-corrected chi connectivity index (χ4v) is 3.84. The molecule has 0 aliphatic carbocycles. The number of hydrogen-bond donors (Lipinski definition) is 1. The molecule has 0 bridgehead atoms. The molecule has 0 spiro atoms. The van der Waals surface area contributed by atoms with E-state index in [0.29, 0.717) is 12.3 Å². The smallest absolute Gasteiger partial charge is 0.271 e. The topological polar surface area (TPSA) is 87.9 Å². The maximum absolute atomic E-state index is 12.9. The molecule has 0 saturated carbocycles. The van der Waals surface area contributed by atoms with Crippen LogP contribution in [0.2, 0.25) is 5.02 Å². The van der Waals surface area contributed by atoms with Crippen LogP contribution >= 0.6 is 11.6 Å². The number of amides is 1. The van der Waals surface area contributed by atoms with E-state index in [4.69, 9.17) is 16.3 Å². The predicted molar refractivity (Wildman–Crippen MR) is 118 cm³/mol. The minimum absolute atomic E-state index is 0.107. The summed E-state index contributed by atoms with van der Waals surface area (Å²) in [5, 5.41) is 14.6. The molecule has 2 aromatic rings. The molecule has 1 N–H and O–H groups in total. The zero-order valence-electron chi connectivity index (χ0n) is 17.0. The molecule has 0 aromatic heterocycles. The first-order valence-corrected chi connectivity index (χ1v) is 10.2. The molecular formula is C21H25ClN4O4. The number of nitrogens with one attached hydrogen (secondary N) is 1. The van der Waals surface area contributed by atoms with Crippen LogP contribution in [0.4, 0.5) is 17.1 Å². The SMILES string of the molecule is COc1ccc([N+](=O)[O-])cc1NC(=O)[C@@H](C)N1CCCN(c2ccccc2Cl)CC1. The maximum atomic E-state index is 12.9. The number of halogens is 1. The number of ether oxygens (including phenoxy) is 1. The van der Waals surface area contributed by atoms with E-state index in [1.807, 2.05) is 31.2 Å². The van der Waals surface area contributed by atoms with Crippen molar-refractivity contribution in [1.29, 1.82) is 0 Å². The van der Waals surface area contributed by atoms with E-state index in [1.165, 1.54) is 25.3 Å². The number of nitro benzene ring substituents is 1. The lowest BCUT2D eigenvalue weighted by atomic mass is 10.2. The number of non-ortho nitro benzene ring substituents is 1. The van der Waals surface area contributed by atoms with Crippen LogP contribution in [0, 0.1) is 10.1 Å². The zero-order valence-corrected chi connectivity index (χ0v) is 17.8. The Balaban J connectivity index is 1.67. The molecule has 8 nitrogen and oxygen atoms in total. The molecule has 1 atom stereocenters. The van der Waals surface area contributed by atoms with E-state index in [1.54, 1.807) is 0 Å². The number of nitro groups is 1. The summed E-state index contributed by atoms with van der Waals surface area (Å²) in [6, 6.07) is 11.5. The van der Waals surface area contributed by atoms with Gasteiger partial charge in [-0.25, -0.2) is 0 Å². The van der Waals surface area contributed by atoms with Crippen LogP contribution < -0.4 is 15.0 Å². The Labute approximate surface area is 180 Å². The standard InChI is InChI=1S/C21H25ClN4O4/c1-15(21(27)23-18-14-16(26(28)29)8-9-20(18)30-2)24-10-5-11-25(13-12-24)19-7-4-3-6-17(19)22/h3-4,6-9,14-15H,5,10-13H2,1-2H3,(H,23,27)/t15-/m1/s1. The summed E-state index contributed by atoms with van der Waals surface area (Å²) < 4.78 is 5.23. The Bertz CT molecular complexity index is 924. The number of benzene rings is 2. The first-order chi connectivity index (χ1) is 14.4. The van der Waals surface area contributed by atoms with Crippen molar-refractivity contribution in [2.24, 2.45) is 0 Å². The second-order valence-corrected chi connectivity index (χ2v) is 7.54. The van der Waals surface area contributed by atoms with Gasteiger partial charge in [0, 0.05) is 38.3 Å². The highest BCUT2D eigenvalue weighted by Crippen LogP contribution is 2.29. The van der Waals surface area contributed by atoms with Crippen molar-refractivity contribution < 1.29 is 14.5 Å². The molecular weight excluding hydrogens is 408 g/mol. The van der Waals surface area contributed by atoms with Crippen LogP contribution in [0.3, 0.4) is 0 Å². The van der Waals surface area contributed by atoms with Gasteiger partial charge in [-0.3, -0.25) is 19.8 Å². The Kier molecular flexibility index (Phi) is 7.12. The molecule has 2 aromatic carbocycles. The second kappa shape index (κ2) is 9.77. The number of rotatable bonds is 6. The monoisotopic (exact) mass is 432 g/mol. The lowest BCUT2D eigenvalue weighted by molar-refractivity contribution is -0.384. The molecule has 0 radical (unpaired) electrons. The first kappa shape index (κ1) is 21.9. The Morgan fingerprint density at radius 2 is 1.97 bits per heavy atom. The average molecular weight is 433 g/mol. The van der Waals surface area contributed by atoms with Crippen molar-refractivity contribution in [3.05, 3.63) is 57.6 Å². The highest BCUT2D eigenvalue weighted by molar-refractivity contribution is 6.33. The van der Waals surface area contributed by atoms with Gasteiger partial charge in [0.2, 0.25) is 5.91 Å². The van der Waals surface area contributed by atoms with Gasteiger partial charge in [0.15, 0.2) is 0 Å². The minimum Gasteiger partial charge on any atom is -0.495 e. The van der Waals surface area contributed by atoms with Gasteiger partial charge in [-0.05, 0) is 31.5 Å². The summed E-state index contributed by atoms with van der Waals surface area (Å²) in [5.41, 5.74) is 1.18. The van der Waals surface area contributed by atoms with Crippen molar-refractivity contribution in [2.45, 2.75) is 19.4 Å². The van der Waals surface area contributed by atoms with Gasteiger partial charge in [0.25, 0.3) is 5.69 Å². The van der Waals surface area contributed by atoms with Gasteiger partial charge >= 0.3 is 0 Å². The molecule has 1 heterocycles. The number of para-hydroxylation sites is 1. The fourth-order valence-electron chi connectivity index (χ4n) is 3.58. The molecule has 1 aliphatic rings. The quantitative estimate of drug-likeness (QED) is 0.551. The normalized spacial score (nSPS) is 15.9. The van der Waals surface area contributed by atoms with Crippen LogP contribution in [0.25, 0.3) is 0 Å². The third-order valence-corrected chi connectivity index (χ3v) is 5.62. The lowest BCUT2D eigenvalue weighted by Crippen LogP contribution is -2.44. The fraction of sp³-hybridized carbons (Fsp3) is 0.381. The molecule has 3 rings (SSSR count). The van der Waals surface area contributed by atoms with Crippen LogP contribution in [-0.2, 0) is 4.79 Å². The highest BCUT2D eigenvalue weighted by atomic mass is 35.5. The van der Waals surface area contributed by atoms with Crippen LogP contribution in [0.5, 0.6) is 5.75 Å². The van der Waals surface area contributed by atoms with E-state index < -0.39 is 11.0 Å². The zero-order chi connectivity index (χ0) is 21.7. The van der Waals surface area contributed by atoms with Crippen molar-refractivity contribution >= 4 is 34.6 Å². The first-order valence-electron chi connectivity index (χ1n) is 9.77. The van der Waals surface area contributed by atoms with E-state index >= 15 is 0 Å². The number of carbonyl (C=O) groups is 1. The second-order valence-electron chi connectivity index (χ2n) is 7.13. The van der Waals surface area contributed by atoms with Gasteiger partial charge in [-0.15, -0.1) is 0 Å². The van der Waals surface area contributed by atoms with Crippen molar-refractivity contribution in [1.82, 2.24) is 4.90 Å². The van der Waals surface area contributed by atoms with E-state index in [-0.39, 0.29) is 17.3 Å². The van der Waals surface area contributed by atoms with Gasteiger partial charge in [0.1, 0.15) is 5.75 Å². The largest absolute Gasteiger partial charge is 0.495 e. The Morgan fingerprint density at radius 3 is 2.67 bits per heavy atom. The molecule has 160 valence electrons. The number of anilines is 2. The van der Waals surface area contributed by atoms with Gasteiger partial charge in [-0.2, -0.15) is 0 Å². The van der Waals surface area contributed by atoms with Crippen molar-refractivity contribution in [3.8, 4) is 5.75 Å². The maximum Gasteiger partial charge on any atom is 0.271 e. The number of nitrogens with zero attached hydrogens (tertiary/aromatic N) is 3. The summed E-state index contributed by atoms with van der Waals surface area (Å²) in [6.07, 6.45) is 0.892. The number of methoxy groups -OCH3 is 1. The van der Waals surface area contributed by atoms with Crippen LogP contribution in [0.1, 0.15) is 13.3 Å². The third kappa shape index (κ3) is 5.01. The number of carbonyl (C=O) groups excluding carboxylic acids is 1. The molecule has 9 heteroatoms. The van der Waals surface area contributed by atoms with E-state index in [9.17, 15) is 14.9 Å². The average Bonchev–Trinajstić information content (AvgIpc) is 2.99. The van der Waals surface area contributed by atoms with Gasteiger partial charge in [-0.1, -0.05) is 23.7 Å². The molecule has 1 aliphatic heterocycles. The van der Waals surface area contributed by atoms with Crippen molar-refractivity contribution in [3.63, 3.8) is 0 Å². The summed E-state index contributed by atoms with van der Waals surface area (Å²) in [6.45, 7) is 4.91. The third-order valence-electron chi connectivity index (χ3n) is 5.30. The molecule has 1 amide bonds. The van der Waals surface area contributed by atoms with Crippen LogP contribution in [0.15, 0.2) is 42.5 Å². The van der Waals surface area contributed by atoms with Crippen LogP contribution in [-0.4, -0.2) is 55.1 Å². The minimum atomic E-state index is -0.503. The van der Waals surface area contributed by atoms with E-state index in [2.05, 4.69) is 15.1 Å². The van der Waals surface area contributed by atoms with Gasteiger partial charge in [0.05, 0.1) is 34.5 Å². The highest BCUT2D eigenvalue weighted by Gasteiger charge is 2.26. The lowest BCUT2D eigenvalue weighted by Gasteiger charge is -2.27. The summed E-state index contributed by atoms with van der Waals surface area (Å²) in [7, 11) is 1.46. The van der Waals surface area contributed by atoms with Gasteiger partial charge < -0.3 is 15.0 Å². The van der Waals surface area contributed by atoms with Crippen molar-refractivity contribution in [2.75, 3.05) is 43.5 Å². The van der Waals surface area contributed by atoms with E-state index in [0.717, 1.165) is 36.8 Å².